The van der Waals surface area contributed by atoms with E-state index in [1.54, 1.807) is 36.1 Å². The van der Waals surface area contributed by atoms with Crippen LogP contribution in [0.15, 0.2) is 42.6 Å². The number of aromatic nitrogens is 6. The Morgan fingerprint density at radius 1 is 1.06 bits per heavy atom. The SMILES string of the molecule is Cc1cnn(C(C)C)c1-c1cc2n(n1)CCC(=O)N2Cc1ccc(-n2nc(C(F)(F)F)cc2C)cc1. The van der Waals surface area contributed by atoms with Gasteiger partial charge in [0.15, 0.2) is 5.69 Å². The molecule has 188 valence electrons. The Hall–Kier alpha value is -3.89. The molecule has 0 atom stereocenters. The number of amides is 1. The Bertz CT molecular complexity index is 1430. The molecule has 1 aliphatic heterocycles. The van der Waals surface area contributed by atoms with Gasteiger partial charge in [-0.05, 0) is 57.0 Å². The molecule has 0 aliphatic carbocycles. The van der Waals surface area contributed by atoms with E-state index >= 15 is 0 Å². The van der Waals surface area contributed by atoms with Crippen LogP contribution < -0.4 is 4.90 Å². The summed E-state index contributed by atoms with van der Waals surface area (Å²) >= 11 is 0. The van der Waals surface area contributed by atoms with Crippen molar-refractivity contribution in [3.8, 4) is 17.1 Å². The number of carbonyl (C=O) groups excluding carboxylic acids is 1. The number of carbonyl (C=O) groups is 1. The Morgan fingerprint density at radius 3 is 2.42 bits per heavy atom. The summed E-state index contributed by atoms with van der Waals surface area (Å²) in [7, 11) is 0. The third kappa shape index (κ3) is 4.18. The molecule has 1 amide bonds. The maximum Gasteiger partial charge on any atom is 0.435 e. The normalized spacial score (nSPS) is 14.1. The van der Waals surface area contributed by atoms with Gasteiger partial charge in [0.05, 0.1) is 30.7 Å². The van der Waals surface area contributed by atoms with E-state index in [1.165, 1.54) is 4.68 Å². The maximum absolute atomic E-state index is 13.0. The van der Waals surface area contributed by atoms with Gasteiger partial charge in [0.25, 0.3) is 0 Å². The number of benzene rings is 1. The molecule has 1 aromatic carbocycles. The van der Waals surface area contributed by atoms with Crippen LogP contribution in [0.3, 0.4) is 0 Å². The zero-order chi connectivity index (χ0) is 25.8. The molecule has 0 spiro atoms. The maximum atomic E-state index is 13.0. The molecule has 36 heavy (non-hydrogen) atoms. The molecule has 1 aliphatic rings. The first-order valence-electron chi connectivity index (χ1n) is 11.7. The van der Waals surface area contributed by atoms with Gasteiger partial charge in [-0.2, -0.15) is 28.5 Å². The molecule has 0 unspecified atom stereocenters. The van der Waals surface area contributed by atoms with E-state index in [0.29, 0.717) is 36.7 Å². The average molecular weight is 498 g/mol. The lowest BCUT2D eigenvalue weighted by Crippen LogP contribution is -2.36. The first kappa shape index (κ1) is 23.8. The quantitative estimate of drug-likeness (QED) is 0.385. The summed E-state index contributed by atoms with van der Waals surface area (Å²) in [4.78, 5) is 14.6. The highest BCUT2D eigenvalue weighted by Gasteiger charge is 2.34. The van der Waals surface area contributed by atoms with E-state index < -0.39 is 11.9 Å². The highest BCUT2D eigenvalue weighted by atomic mass is 19.4. The number of rotatable bonds is 5. The molecule has 0 radical (unpaired) electrons. The minimum Gasteiger partial charge on any atom is -0.292 e. The molecule has 11 heteroatoms. The second kappa shape index (κ2) is 8.65. The topological polar surface area (TPSA) is 73.8 Å². The zero-order valence-electron chi connectivity index (χ0n) is 20.4. The molecular weight excluding hydrogens is 471 g/mol. The van der Waals surface area contributed by atoms with E-state index in [2.05, 4.69) is 24.0 Å². The minimum absolute atomic E-state index is 0.00939. The van der Waals surface area contributed by atoms with Gasteiger partial charge in [-0.15, -0.1) is 0 Å². The lowest BCUT2D eigenvalue weighted by molar-refractivity contribution is -0.141. The van der Waals surface area contributed by atoms with Gasteiger partial charge in [0.1, 0.15) is 11.5 Å². The fourth-order valence-electron chi connectivity index (χ4n) is 4.50. The van der Waals surface area contributed by atoms with Crippen LogP contribution >= 0.6 is 0 Å². The number of anilines is 1. The summed E-state index contributed by atoms with van der Waals surface area (Å²) in [6, 6.07) is 10.1. The number of halogens is 3. The van der Waals surface area contributed by atoms with Crippen LogP contribution in [0.4, 0.5) is 19.0 Å². The molecule has 8 nitrogen and oxygen atoms in total. The molecule has 5 rings (SSSR count). The van der Waals surface area contributed by atoms with E-state index in [9.17, 15) is 18.0 Å². The number of nitrogens with zero attached hydrogens (tertiary/aromatic N) is 7. The predicted molar refractivity (Wildman–Crippen MR) is 128 cm³/mol. The van der Waals surface area contributed by atoms with Crippen molar-refractivity contribution < 1.29 is 18.0 Å². The van der Waals surface area contributed by atoms with Crippen LogP contribution in [0.1, 0.15) is 48.8 Å². The molecule has 0 saturated carbocycles. The first-order valence-corrected chi connectivity index (χ1v) is 11.7. The van der Waals surface area contributed by atoms with Crippen molar-refractivity contribution in [1.29, 1.82) is 0 Å². The first-order chi connectivity index (χ1) is 17.0. The largest absolute Gasteiger partial charge is 0.435 e. The van der Waals surface area contributed by atoms with Crippen molar-refractivity contribution in [2.45, 2.75) is 59.4 Å². The van der Waals surface area contributed by atoms with Crippen LogP contribution in [0.25, 0.3) is 17.1 Å². The van der Waals surface area contributed by atoms with Gasteiger partial charge in [-0.25, -0.2) is 9.36 Å². The lowest BCUT2D eigenvalue weighted by atomic mass is 10.1. The van der Waals surface area contributed by atoms with Crippen LogP contribution in [0, 0.1) is 13.8 Å². The van der Waals surface area contributed by atoms with Gasteiger partial charge < -0.3 is 0 Å². The summed E-state index contributed by atoms with van der Waals surface area (Å²) in [5, 5.41) is 12.9. The molecule has 4 aromatic rings. The van der Waals surface area contributed by atoms with Crippen LogP contribution in [-0.2, 0) is 24.1 Å². The van der Waals surface area contributed by atoms with E-state index in [0.717, 1.165) is 28.6 Å². The van der Waals surface area contributed by atoms with Gasteiger partial charge in [0, 0.05) is 24.2 Å². The van der Waals surface area contributed by atoms with Crippen LogP contribution in [0.2, 0.25) is 0 Å². The molecule has 0 saturated heterocycles. The summed E-state index contributed by atoms with van der Waals surface area (Å²) < 4.78 is 44.1. The minimum atomic E-state index is -4.50. The molecule has 0 fully saturated rings. The second-order valence-corrected chi connectivity index (χ2v) is 9.30. The summed E-state index contributed by atoms with van der Waals surface area (Å²) in [6.45, 7) is 8.49. The van der Waals surface area contributed by atoms with E-state index in [1.807, 2.05) is 28.6 Å². The predicted octanol–water partition coefficient (Wildman–Crippen LogP) is 5.09. The van der Waals surface area contributed by atoms with Crippen molar-refractivity contribution in [2.75, 3.05) is 4.90 Å². The third-order valence-electron chi connectivity index (χ3n) is 6.28. The van der Waals surface area contributed by atoms with Crippen molar-refractivity contribution in [2.24, 2.45) is 0 Å². The summed E-state index contributed by atoms with van der Waals surface area (Å²) in [5.41, 5.74) is 3.51. The number of fused-ring (bicyclic) bond motifs is 1. The van der Waals surface area contributed by atoms with Gasteiger partial charge in [-0.3, -0.25) is 14.4 Å². The fourth-order valence-corrected chi connectivity index (χ4v) is 4.50. The van der Waals surface area contributed by atoms with E-state index in [-0.39, 0.29) is 11.9 Å². The second-order valence-electron chi connectivity index (χ2n) is 9.30. The highest BCUT2D eigenvalue weighted by molar-refractivity contribution is 5.94. The van der Waals surface area contributed by atoms with Crippen molar-refractivity contribution in [3.05, 3.63) is 65.1 Å². The van der Waals surface area contributed by atoms with Crippen LogP contribution in [-0.4, -0.2) is 35.2 Å². The highest BCUT2D eigenvalue weighted by Crippen LogP contribution is 2.32. The Balaban J connectivity index is 1.42. The molecule has 0 bridgehead atoms. The monoisotopic (exact) mass is 497 g/mol. The number of hydrogen-bond acceptors (Lipinski definition) is 4. The third-order valence-corrected chi connectivity index (χ3v) is 6.28. The molecule has 0 N–H and O–H groups in total. The standard InChI is InChI=1S/C25H26F3N7O/c1-15(2)34-24(16(3)13-29-34)20-12-22-32(23(36)9-10-33(22)30-20)14-18-5-7-19(8-6-18)35-17(4)11-21(31-35)25(26,27)28/h5-8,11-13,15H,9-10,14H2,1-4H3. The molecular formula is C25H26F3N7O. The number of alkyl halides is 3. The Morgan fingerprint density at radius 2 is 1.78 bits per heavy atom. The van der Waals surface area contributed by atoms with Gasteiger partial charge in [0.2, 0.25) is 5.91 Å². The number of hydrogen-bond donors (Lipinski definition) is 0. The van der Waals surface area contributed by atoms with E-state index in [4.69, 9.17) is 5.10 Å². The smallest absolute Gasteiger partial charge is 0.292 e. The Labute approximate surface area is 205 Å². The molecule has 4 heterocycles. The fraction of sp³-hybridized carbons (Fsp3) is 0.360. The molecule has 3 aromatic heterocycles. The van der Waals surface area contributed by atoms with Crippen molar-refractivity contribution >= 4 is 11.7 Å². The zero-order valence-corrected chi connectivity index (χ0v) is 20.4. The Kier molecular flexibility index (Phi) is 5.73. The average Bonchev–Trinajstić information content (AvgIpc) is 3.52. The summed E-state index contributed by atoms with van der Waals surface area (Å²) in [6.07, 6.45) is -2.35. The lowest BCUT2D eigenvalue weighted by Gasteiger charge is -2.27. The van der Waals surface area contributed by atoms with Crippen LogP contribution in [0.5, 0.6) is 0 Å². The summed E-state index contributed by atoms with van der Waals surface area (Å²) in [5.74, 6) is 0.698. The van der Waals surface area contributed by atoms with Gasteiger partial charge >= 0.3 is 6.18 Å². The van der Waals surface area contributed by atoms with Crippen molar-refractivity contribution in [3.63, 3.8) is 0 Å². The van der Waals surface area contributed by atoms with Gasteiger partial charge in [-0.1, -0.05) is 12.1 Å². The number of aryl methyl sites for hydroxylation is 3. The van der Waals surface area contributed by atoms with Crippen molar-refractivity contribution in [1.82, 2.24) is 29.3 Å².